The Kier molecular flexibility index (Phi) is 4.47. The van der Waals surface area contributed by atoms with E-state index >= 15 is 0 Å². The molecule has 2 fully saturated rings. The topological polar surface area (TPSA) is 57.6 Å². The molecule has 6 heteroatoms. The van der Waals surface area contributed by atoms with Gasteiger partial charge >= 0.3 is 0 Å². The fraction of sp³-hybridized carbons (Fsp3) is 0.625. The van der Waals surface area contributed by atoms with E-state index in [1.807, 2.05) is 24.2 Å². The van der Waals surface area contributed by atoms with Crippen LogP contribution >= 0.6 is 0 Å². The van der Waals surface area contributed by atoms with Gasteiger partial charge in [0.2, 0.25) is 5.91 Å². The average Bonchev–Trinajstić information content (AvgIpc) is 3.21. The normalized spacial score (nSPS) is 22.5. The van der Waals surface area contributed by atoms with E-state index in [0.717, 1.165) is 26.1 Å². The number of hydrogen-bond acceptors (Lipinski definition) is 3. The number of nitrogens with one attached hydrogen (secondary N) is 1. The Bertz CT molecular complexity index is 548. The standard InChI is InChI=1S/C16H24N4O2/c1-18-8-4-5-13(18)15(21)17-7-12-20-11-6-14(16(20)22)19-9-2-3-10-19/h4-5,8,14H,2-3,6-7,9-12H2,1H3,(H,17,21). The van der Waals surface area contributed by atoms with Gasteiger partial charge in [-0.2, -0.15) is 0 Å². The van der Waals surface area contributed by atoms with Crippen LogP contribution in [0.4, 0.5) is 0 Å². The summed E-state index contributed by atoms with van der Waals surface area (Å²) in [7, 11) is 1.85. The molecular formula is C16H24N4O2. The van der Waals surface area contributed by atoms with Crippen molar-refractivity contribution in [3.05, 3.63) is 24.0 Å². The minimum atomic E-state index is -0.0877. The van der Waals surface area contributed by atoms with Crippen LogP contribution in [-0.4, -0.2) is 64.9 Å². The van der Waals surface area contributed by atoms with Crippen molar-refractivity contribution < 1.29 is 9.59 Å². The van der Waals surface area contributed by atoms with E-state index in [-0.39, 0.29) is 17.9 Å². The van der Waals surface area contributed by atoms with Gasteiger partial charge in [-0.1, -0.05) is 0 Å². The molecule has 0 aromatic carbocycles. The fourth-order valence-electron chi connectivity index (χ4n) is 3.43. The summed E-state index contributed by atoms with van der Waals surface area (Å²) in [6.07, 6.45) is 5.18. The number of rotatable bonds is 5. The first kappa shape index (κ1) is 15.1. The molecule has 1 unspecified atom stereocenters. The van der Waals surface area contributed by atoms with E-state index in [2.05, 4.69) is 10.2 Å². The number of carbonyl (C=O) groups excluding carboxylic acids is 2. The number of likely N-dealkylation sites (tertiary alicyclic amines) is 2. The second-order valence-electron chi connectivity index (χ2n) is 6.13. The zero-order valence-electron chi connectivity index (χ0n) is 13.1. The fourth-order valence-corrected chi connectivity index (χ4v) is 3.43. The van der Waals surface area contributed by atoms with Crippen LogP contribution in [0.25, 0.3) is 0 Å². The van der Waals surface area contributed by atoms with Crippen molar-refractivity contribution in [2.45, 2.75) is 25.3 Å². The number of carbonyl (C=O) groups is 2. The van der Waals surface area contributed by atoms with Gasteiger partial charge in [0.15, 0.2) is 0 Å². The Morgan fingerprint density at radius 3 is 2.77 bits per heavy atom. The zero-order valence-corrected chi connectivity index (χ0v) is 13.1. The van der Waals surface area contributed by atoms with Crippen LogP contribution in [0.15, 0.2) is 18.3 Å². The maximum absolute atomic E-state index is 12.4. The average molecular weight is 304 g/mol. The van der Waals surface area contributed by atoms with Gasteiger partial charge in [-0.05, 0) is 44.5 Å². The SMILES string of the molecule is Cn1cccc1C(=O)NCCN1CCC(N2CCCC2)C1=O. The van der Waals surface area contributed by atoms with Gasteiger partial charge in [0.1, 0.15) is 5.69 Å². The smallest absolute Gasteiger partial charge is 0.267 e. The van der Waals surface area contributed by atoms with Gasteiger partial charge in [-0.3, -0.25) is 14.5 Å². The summed E-state index contributed by atoms with van der Waals surface area (Å²) in [6.45, 7) is 4.00. The zero-order chi connectivity index (χ0) is 15.5. The second-order valence-corrected chi connectivity index (χ2v) is 6.13. The maximum atomic E-state index is 12.4. The summed E-state index contributed by atoms with van der Waals surface area (Å²) in [5.74, 6) is 0.144. The number of hydrogen-bond donors (Lipinski definition) is 1. The van der Waals surface area contributed by atoms with Crippen LogP contribution in [0.2, 0.25) is 0 Å². The molecule has 2 saturated heterocycles. The molecule has 0 aliphatic carbocycles. The molecule has 1 aromatic heterocycles. The number of nitrogens with zero attached hydrogens (tertiary/aromatic N) is 3. The molecule has 0 saturated carbocycles. The highest BCUT2D eigenvalue weighted by Gasteiger charge is 2.36. The van der Waals surface area contributed by atoms with Crippen molar-refractivity contribution in [2.75, 3.05) is 32.7 Å². The molecular weight excluding hydrogens is 280 g/mol. The summed E-state index contributed by atoms with van der Waals surface area (Å²) >= 11 is 0. The molecule has 3 heterocycles. The van der Waals surface area contributed by atoms with Gasteiger partial charge in [0, 0.05) is 32.9 Å². The Labute approximate surface area is 131 Å². The molecule has 1 N–H and O–H groups in total. The van der Waals surface area contributed by atoms with Gasteiger partial charge in [-0.15, -0.1) is 0 Å². The monoisotopic (exact) mass is 304 g/mol. The van der Waals surface area contributed by atoms with Crippen molar-refractivity contribution in [1.29, 1.82) is 0 Å². The van der Waals surface area contributed by atoms with E-state index in [0.29, 0.717) is 18.8 Å². The molecule has 0 bridgehead atoms. The predicted molar refractivity (Wildman–Crippen MR) is 83.5 cm³/mol. The Balaban J connectivity index is 1.45. The molecule has 0 radical (unpaired) electrons. The first-order valence-electron chi connectivity index (χ1n) is 8.09. The van der Waals surface area contributed by atoms with Gasteiger partial charge in [-0.25, -0.2) is 0 Å². The lowest BCUT2D eigenvalue weighted by molar-refractivity contribution is -0.131. The Morgan fingerprint density at radius 1 is 1.32 bits per heavy atom. The predicted octanol–water partition coefficient (Wildman–Crippen LogP) is 0.452. The molecule has 6 nitrogen and oxygen atoms in total. The highest BCUT2D eigenvalue weighted by atomic mass is 16.2. The van der Waals surface area contributed by atoms with E-state index in [1.165, 1.54) is 12.8 Å². The van der Waals surface area contributed by atoms with Crippen LogP contribution in [0.1, 0.15) is 29.8 Å². The molecule has 120 valence electrons. The van der Waals surface area contributed by atoms with Crippen molar-refractivity contribution in [3.8, 4) is 0 Å². The first-order chi connectivity index (χ1) is 10.7. The van der Waals surface area contributed by atoms with Crippen LogP contribution < -0.4 is 5.32 Å². The molecule has 22 heavy (non-hydrogen) atoms. The van der Waals surface area contributed by atoms with E-state index in [9.17, 15) is 9.59 Å². The van der Waals surface area contributed by atoms with Crippen LogP contribution in [-0.2, 0) is 11.8 Å². The molecule has 1 aromatic rings. The van der Waals surface area contributed by atoms with Crippen molar-refractivity contribution in [3.63, 3.8) is 0 Å². The third-order valence-corrected chi connectivity index (χ3v) is 4.69. The van der Waals surface area contributed by atoms with Crippen molar-refractivity contribution in [1.82, 2.24) is 19.7 Å². The van der Waals surface area contributed by atoms with Gasteiger partial charge in [0.05, 0.1) is 6.04 Å². The Morgan fingerprint density at radius 2 is 2.09 bits per heavy atom. The van der Waals surface area contributed by atoms with Crippen molar-refractivity contribution in [2.24, 2.45) is 7.05 Å². The van der Waals surface area contributed by atoms with Crippen LogP contribution in [0.5, 0.6) is 0 Å². The van der Waals surface area contributed by atoms with Crippen LogP contribution in [0, 0.1) is 0 Å². The van der Waals surface area contributed by atoms with Crippen molar-refractivity contribution >= 4 is 11.8 Å². The Hall–Kier alpha value is -1.82. The summed E-state index contributed by atoms with van der Waals surface area (Å²) in [5.41, 5.74) is 0.641. The molecule has 1 atom stereocenters. The quantitative estimate of drug-likeness (QED) is 0.859. The first-order valence-corrected chi connectivity index (χ1v) is 8.09. The third kappa shape index (κ3) is 3.02. The summed E-state index contributed by atoms with van der Waals surface area (Å²) in [4.78, 5) is 28.6. The third-order valence-electron chi connectivity index (χ3n) is 4.69. The highest BCUT2D eigenvalue weighted by molar-refractivity contribution is 5.92. The number of amides is 2. The summed E-state index contributed by atoms with van der Waals surface area (Å²) in [6, 6.07) is 3.71. The molecule has 3 rings (SSSR count). The summed E-state index contributed by atoms with van der Waals surface area (Å²) < 4.78 is 1.79. The highest BCUT2D eigenvalue weighted by Crippen LogP contribution is 2.21. The summed E-state index contributed by atoms with van der Waals surface area (Å²) in [5, 5.41) is 2.89. The molecule has 2 aliphatic heterocycles. The maximum Gasteiger partial charge on any atom is 0.267 e. The largest absolute Gasteiger partial charge is 0.349 e. The number of aromatic nitrogens is 1. The lowest BCUT2D eigenvalue weighted by atomic mass is 10.2. The van der Waals surface area contributed by atoms with E-state index < -0.39 is 0 Å². The van der Waals surface area contributed by atoms with Gasteiger partial charge < -0.3 is 14.8 Å². The second kappa shape index (κ2) is 6.52. The van der Waals surface area contributed by atoms with Crippen LogP contribution in [0.3, 0.4) is 0 Å². The molecule has 2 amide bonds. The van der Waals surface area contributed by atoms with Gasteiger partial charge in [0.25, 0.3) is 5.91 Å². The van der Waals surface area contributed by atoms with E-state index in [4.69, 9.17) is 0 Å². The number of aryl methyl sites for hydroxylation is 1. The van der Waals surface area contributed by atoms with E-state index in [1.54, 1.807) is 10.6 Å². The minimum Gasteiger partial charge on any atom is -0.349 e. The molecule has 2 aliphatic rings. The molecule has 0 spiro atoms. The lowest BCUT2D eigenvalue weighted by Gasteiger charge is -2.22. The minimum absolute atomic E-state index is 0.0751. The lowest BCUT2D eigenvalue weighted by Crippen LogP contribution is -2.42.